The standard InChI is InChI=1S/C9H8N2O2/c12-9(13)6-11-4-2-7-1-3-10-5-8(7)11/h1-5H,6H2,(H,12,13). The third kappa shape index (κ3) is 1.38. The number of nitrogens with zero attached hydrogens (tertiary/aromatic N) is 2. The number of aromatic nitrogens is 2. The van der Waals surface area contributed by atoms with Crippen LogP contribution in [0.15, 0.2) is 30.7 Å². The van der Waals surface area contributed by atoms with Gasteiger partial charge in [-0.2, -0.15) is 0 Å². The molecule has 0 aliphatic carbocycles. The quantitative estimate of drug-likeness (QED) is 0.746. The second kappa shape index (κ2) is 2.90. The Morgan fingerprint density at radius 3 is 3.15 bits per heavy atom. The fourth-order valence-corrected chi connectivity index (χ4v) is 1.31. The second-order valence-corrected chi connectivity index (χ2v) is 2.77. The Morgan fingerprint density at radius 1 is 1.54 bits per heavy atom. The number of rotatable bonds is 2. The minimum atomic E-state index is -0.846. The molecule has 0 aromatic carbocycles. The van der Waals surface area contributed by atoms with Crippen molar-refractivity contribution >= 4 is 16.9 Å². The predicted molar refractivity (Wildman–Crippen MR) is 47.4 cm³/mol. The van der Waals surface area contributed by atoms with Crippen molar-refractivity contribution in [3.8, 4) is 0 Å². The molecule has 0 atom stereocenters. The molecule has 66 valence electrons. The van der Waals surface area contributed by atoms with Crippen molar-refractivity contribution in [3.63, 3.8) is 0 Å². The summed E-state index contributed by atoms with van der Waals surface area (Å²) < 4.78 is 1.66. The molecule has 0 fully saturated rings. The molecule has 4 heteroatoms. The third-order valence-corrected chi connectivity index (χ3v) is 1.88. The van der Waals surface area contributed by atoms with Gasteiger partial charge in [-0.15, -0.1) is 0 Å². The molecule has 0 bridgehead atoms. The van der Waals surface area contributed by atoms with Crippen LogP contribution in [0.25, 0.3) is 10.9 Å². The zero-order valence-electron chi connectivity index (χ0n) is 6.84. The van der Waals surface area contributed by atoms with Crippen LogP contribution < -0.4 is 0 Å². The monoisotopic (exact) mass is 176 g/mol. The van der Waals surface area contributed by atoms with Crippen LogP contribution >= 0.6 is 0 Å². The Balaban J connectivity index is 2.51. The summed E-state index contributed by atoms with van der Waals surface area (Å²) in [4.78, 5) is 14.4. The number of carbonyl (C=O) groups is 1. The molecule has 0 saturated carbocycles. The van der Waals surface area contributed by atoms with Gasteiger partial charge < -0.3 is 9.67 Å². The highest BCUT2D eigenvalue weighted by Gasteiger charge is 2.03. The summed E-state index contributed by atoms with van der Waals surface area (Å²) in [6.45, 7) is -0.0187. The van der Waals surface area contributed by atoms with Crippen molar-refractivity contribution in [2.45, 2.75) is 6.54 Å². The van der Waals surface area contributed by atoms with Crippen LogP contribution in [0.3, 0.4) is 0 Å². The molecule has 13 heavy (non-hydrogen) atoms. The Hall–Kier alpha value is -1.84. The van der Waals surface area contributed by atoms with Crippen molar-refractivity contribution in [1.82, 2.24) is 9.55 Å². The van der Waals surface area contributed by atoms with Crippen molar-refractivity contribution in [1.29, 1.82) is 0 Å². The molecule has 2 heterocycles. The van der Waals surface area contributed by atoms with E-state index in [1.807, 2.05) is 12.1 Å². The number of carboxylic acid groups (broad SMARTS) is 1. The first-order chi connectivity index (χ1) is 6.27. The van der Waals surface area contributed by atoms with Crippen molar-refractivity contribution in [2.24, 2.45) is 0 Å². The van der Waals surface area contributed by atoms with Gasteiger partial charge >= 0.3 is 5.97 Å². The molecule has 2 aromatic heterocycles. The lowest BCUT2D eigenvalue weighted by Gasteiger charge is -1.99. The molecule has 2 rings (SSSR count). The van der Waals surface area contributed by atoms with E-state index in [4.69, 9.17) is 5.11 Å². The van der Waals surface area contributed by atoms with E-state index in [0.29, 0.717) is 0 Å². The highest BCUT2D eigenvalue weighted by atomic mass is 16.4. The third-order valence-electron chi connectivity index (χ3n) is 1.88. The molecule has 2 aromatic rings. The van der Waals surface area contributed by atoms with Gasteiger partial charge in [0.2, 0.25) is 0 Å². The molecule has 1 N–H and O–H groups in total. The Labute approximate surface area is 74.4 Å². The lowest BCUT2D eigenvalue weighted by Crippen LogP contribution is -2.07. The van der Waals surface area contributed by atoms with Crippen LogP contribution in [-0.4, -0.2) is 20.6 Å². The van der Waals surface area contributed by atoms with Gasteiger partial charge in [0, 0.05) is 17.8 Å². The number of hydrogen-bond donors (Lipinski definition) is 1. The number of fused-ring (bicyclic) bond motifs is 1. The fraction of sp³-hybridized carbons (Fsp3) is 0.111. The van der Waals surface area contributed by atoms with E-state index in [0.717, 1.165) is 10.9 Å². The highest BCUT2D eigenvalue weighted by Crippen LogP contribution is 2.12. The van der Waals surface area contributed by atoms with E-state index in [9.17, 15) is 4.79 Å². The van der Waals surface area contributed by atoms with E-state index in [2.05, 4.69) is 4.98 Å². The number of aliphatic carboxylic acids is 1. The molecule has 0 amide bonds. The largest absolute Gasteiger partial charge is 0.480 e. The normalized spacial score (nSPS) is 10.5. The molecule has 0 spiro atoms. The fourth-order valence-electron chi connectivity index (χ4n) is 1.31. The maximum Gasteiger partial charge on any atom is 0.323 e. The molecular weight excluding hydrogens is 168 g/mol. The van der Waals surface area contributed by atoms with Gasteiger partial charge in [0.25, 0.3) is 0 Å². The first-order valence-corrected chi connectivity index (χ1v) is 3.88. The van der Waals surface area contributed by atoms with E-state index in [1.54, 1.807) is 23.2 Å². The Bertz CT molecular complexity index is 448. The smallest absolute Gasteiger partial charge is 0.323 e. The number of pyridine rings is 1. The van der Waals surface area contributed by atoms with E-state index in [-0.39, 0.29) is 6.54 Å². The van der Waals surface area contributed by atoms with Gasteiger partial charge in [0.15, 0.2) is 0 Å². The summed E-state index contributed by atoms with van der Waals surface area (Å²) in [5, 5.41) is 9.61. The van der Waals surface area contributed by atoms with Crippen LogP contribution in [0, 0.1) is 0 Å². The van der Waals surface area contributed by atoms with Gasteiger partial charge in [0.1, 0.15) is 6.54 Å². The van der Waals surface area contributed by atoms with Crippen LogP contribution in [0.2, 0.25) is 0 Å². The Morgan fingerprint density at radius 2 is 2.38 bits per heavy atom. The minimum Gasteiger partial charge on any atom is -0.480 e. The Kier molecular flexibility index (Phi) is 1.73. The maximum atomic E-state index is 10.5. The SMILES string of the molecule is O=C(O)Cn1ccc2ccncc21. The zero-order valence-corrected chi connectivity index (χ0v) is 6.84. The van der Waals surface area contributed by atoms with Gasteiger partial charge in [0.05, 0.1) is 11.7 Å². The lowest BCUT2D eigenvalue weighted by atomic mass is 10.3. The molecular formula is C9H8N2O2. The van der Waals surface area contributed by atoms with E-state index in [1.165, 1.54) is 0 Å². The first kappa shape index (κ1) is 7.79. The summed E-state index contributed by atoms with van der Waals surface area (Å²) >= 11 is 0. The molecule has 0 saturated heterocycles. The van der Waals surface area contributed by atoms with Crippen LogP contribution in [0.4, 0.5) is 0 Å². The number of hydrogen-bond acceptors (Lipinski definition) is 2. The average molecular weight is 176 g/mol. The van der Waals surface area contributed by atoms with Crippen LogP contribution in [0.5, 0.6) is 0 Å². The maximum absolute atomic E-state index is 10.5. The molecule has 0 radical (unpaired) electrons. The molecule has 0 aliphatic rings. The van der Waals surface area contributed by atoms with Crippen LogP contribution in [-0.2, 0) is 11.3 Å². The van der Waals surface area contributed by atoms with Gasteiger partial charge in [-0.3, -0.25) is 9.78 Å². The topological polar surface area (TPSA) is 55.1 Å². The summed E-state index contributed by atoms with van der Waals surface area (Å²) in [6, 6.07) is 3.73. The summed E-state index contributed by atoms with van der Waals surface area (Å²) in [5.41, 5.74) is 0.852. The van der Waals surface area contributed by atoms with E-state index >= 15 is 0 Å². The molecule has 0 aliphatic heterocycles. The van der Waals surface area contributed by atoms with Gasteiger partial charge in [-0.05, 0) is 12.1 Å². The van der Waals surface area contributed by atoms with Crippen molar-refractivity contribution in [2.75, 3.05) is 0 Å². The summed E-state index contributed by atoms with van der Waals surface area (Å²) in [7, 11) is 0. The lowest BCUT2D eigenvalue weighted by molar-refractivity contribution is -0.137. The van der Waals surface area contributed by atoms with Gasteiger partial charge in [-0.25, -0.2) is 0 Å². The minimum absolute atomic E-state index is 0.0187. The molecule has 0 unspecified atom stereocenters. The van der Waals surface area contributed by atoms with Crippen molar-refractivity contribution < 1.29 is 9.90 Å². The predicted octanol–water partition coefficient (Wildman–Crippen LogP) is 1.12. The van der Waals surface area contributed by atoms with Crippen molar-refractivity contribution in [3.05, 3.63) is 30.7 Å². The summed E-state index contributed by atoms with van der Waals surface area (Å²) in [5.74, 6) is -0.846. The first-order valence-electron chi connectivity index (χ1n) is 3.88. The van der Waals surface area contributed by atoms with Gasteiger partial charge in [-0.1, -0.05) is 0 Å². The second-order valence-electron chi connectivity index (χ2n) is 2.77. The number of carboxylic acids is 1. The summed E-state index contributed by atoms with van der Waals surface area (Å²) in [6.07, 6.45) is 5.10. The molecule has 4 nitrogen and oxygen atoms in total. The van der Waals surface area contributed by atoms with E-state index < -0.39 is 5.97 Å². The highest BCUT2D eigenvalue weighted by molar-refractivity contribution is 5.80. The average Bonchev–Trinajstić information content (AvgIpc) is 2.48. The zero-order chi connectivity index (χ0) is 9.26. The van der Waals surface area contributed by atoms with Crippen LogP contribution in [0.1, 0.15) is 0 Å².